The highest BCUT2D eigenvalue weighted by molar-refractivity contribution is 5.91. The molecule has 1 aliphatic heterocycles. The molecule has 0 saturated carbocycles. The first-order chi connectivity index (χ1) is 13.9. The summed E-state index contributed by atoms with van der Waals surface area (Å²) in [5.41, 5.74) is 2.93. The molecule has 0 radical (unpaired) electrons. The zero-order chi connectivity index (χ0) is 20.5. The van der Waals surface area contributed by atoms with Crippen LogP contribution in [-0.2, 0) is 6.42 Å². The van der Waals surface area contributed by atoms with Gasteiger partial charge in [0.05, 0.1) is 5.56 Å². The molecule has 0 spiro atoms. The number of hydrogen-bond acceptors (Lipinski definition) is 5. The van der Waals surface area contributed by atoms with Crippen molar-refractivity contribution in [2.24, 2.45) is 5.92 Å². The molecule has 1 aliphatic rings. The first-order valence-electron chi connectivity index (χ1n) is 9.74. The Morgan fingerprint density at radius 1 is 1.14 bits per heavy atom. The number of hydrogen-bond donors (Lipinski definition) is 1. The zero-order valence-electron chi connectivity index (χ0n) is 16.5. The van der Waals surface area contributed by atoms with Gasteiger partial charge < -0.3 is 10.0 Å². The minimum Gasteiger partial charge on any atom is -0.478 e. The van der Waals surface area contributed by atoms with Gasteiger partial charge in [0, 0.05) is 24.5 Å². The highest BCUT2D eigenvalue weighted by Crippen LogP contribution is 2.24. The Morgan fingerprint density at radius 2 is 1.86 bits per heavy atom. The second-order valence-electron chi connectivity index (χ2n) is 7.59. The van der Waals surface area contributed by atoms with Crippen molar-refractivity contribution in [3.05, 3.63) is 58.7 Å². The quantitative estimate of drug-likeness (QED) is 0.731. The molecule has 150 valence electrons. The summed E-state index contributed by atoms with van der Waals surface area (Å²) in [7, 11) is 0. The fourth-order valence-corrected chi connectivity index (χ4v) is 3.96. The van der Waals surface area contributed by atoms with Gasteiger partial charge >= 0.3 is 5.97 Å². The molecule has 29 heavy (non-hydrogen) atoms. The smallest absolute Gasteiger partial charge is 0.335 e. The van der Waals surface area contributed by atoms with Crippen molar-refractivity contribution in [2.75, 3.05) is 13.1 Å². The maximum atomic E-state index is 12.9. The molecule has 0 atom stereocenters. The molecule has 1 fully saturated rings. The minimum atomic E-state index is -0.898. The van der Waals surface area contributed by atoms with Crippen LogP contribution in [0.3, 0.4) is 0 Å². The molecule has 3 heterocycles. The third-order valence-corrected chi connectivity index (χ3v) is 5.47. The Kier molecular flexibility index (Phi) is 5.00. The number of aromatic carboxylic acids is 1. The van der Waals surface area contributed by atoms with E-state index in [2.05, 4.69) is 15.1 Å². The molecule has 8 nitrogen and oxygen atoms in total. The molecule has 1 aromatic carbocycles. The van der Waals surface area contributed by atoms with Gasteiger partial charge in [0.15, 0.2) is 0 Å². The standard InChI is InChI=1S/C21H23N5O3/c1-13-11-14(2)26-21(22-13)23-18(24-26)19(27)25-9-7-15(8-10-25)12-16-5-3-4-6-17(16)20(28)29/h3-6,11,15H,7-10,12H2,1-2H3,(H,28,29). The van der Waals surface area contributed by atoms with Crippen molar-refractivity contribution < 1.29 is 14.7 Å². The van der Waals surface area contributed by atoms with Crippen molar-refractivity contribution in [3.8, 4) is 0 Å². The third kappa shape index (κ3) is 3.83. The van der Waals surface area contributed by atoms with Gasteiger partial charge in [0.2, 0.25) is 5.82 Å². The summed E-state index contributed by atoms with van der Waals surface area (Å²) in [6.07, 6.45) is 2.35. The number of carboxylic acid groups (broad SMARTS) is 1. The number of amides is 1. The molecule has 1 saturated heterocycles. The van der Waals surface area contributed by atoms with Crippen molar-refractivity contribution in [2.45, 2.75) is 33.1 Å². The first kappa shape index (κ1) is 19.0. The molecule has 3 aromatic rings. The van der Waals surface area contributed by atoms with Crippen LogP contribution < -0.4 is 0 Å². The van der Waals surface area contributed by atoms with Crippen molar-refractivity contribution >= 4 is 17.7 Å². The van der Waals surface area contributed by atoms with Gasteiger partial charge in [-0.15, -0.1) is 5.10 Å². The monoisotopic (exact) mass is 393 g/mol. The van der Waals surface area contributed by atoms with Crippen LogP contribution in [0.1, 0.15) is 50.8 Å². The average Bonchev–Trinajstić information content (AvgIpc) is 3.13. The van der Waals surface area contributed by atoms with E-state index in [4.69, 9.17) is 0 Å². The topological polar surface area (TPSA) is 101 Å². The fourth-order valence-electron chi connectivity index (χ4n) is 3.96. The maximum absolute atomic E-state index is 12.9. The largest absolute Gasteiger partial charge is 0.478 e. The summed E-state index contributed by atoms with van der Waals surface area (Å²) >= 11 is 0. The number of likely N-dealkylation sites (tertiary alicyclic amines) is 1. The lowest BCUT2D eigenvalue weighted by Gasteiger charge is -2.31. The van der Waals surface area contributed by atoms with Crippen LogP contribution in [0.4, 0.5) is 0 Å². The van der Waals surface area contributed by atoms with Gasteiger partial charge in [-0.3, -0.25) is 4.79 Å². The Labute approximate surface area is 168 Å². The fraction of sp³-hybridized carbons (Fsp3) is 0.381. The molecule has 0 bridgehead atoms. The summed E-state index contributed by atoms with van der Waals surface area (Å²) in [4.78, 5) is 34.7. The first-order valence-corrected chi connectivity index (χ1v) is 9.74. The maximum Gasteiger partial charge on any atom is 0.335 e. The van der Waals surface area contributed by atoms with E-state index in [1.54, 1.807) is 21.5 Å². The number of fused-ring (bicyclic) bond motifs is 1. The van der Waals surface area contributed by atoms with E-state index in [1.807, 2.05) is 32.0 Å². The van der Waals surface area contributed by atoms with Crippen LogP contribution in [0.15, 0.2) is 30.3 Å². The number of carboxylic acids is 1. The van der Waals surface area contributed by atoms with Crippen LogP contribution >= 0.6 is 0 Å². The highest BCUT2D eigenvalue weighted by Gasteiger charge is 2.27. The van der Waals surface area contributed by atoms with E-state index in [0.29, 0.717) is 36.8 Å². The Balaban J connectivity index is 1.43. The second kappa shape index (κ2) is 7.62. The van der Waals surface area contributed by atoms with Crippen LogP contribution in [0.5, 0.6) is 0 Å². The highest BCUT2D eigenvalue weighted by atomic mass is 16.4. The van der Waals surface area contributed by atoms with Crippen LogP contribution in [-0.4, -0.2) is 54.6 Å². The van der Waals surface area contributed by atoms with Gasteiger partial charge in [-0.1, -0.05) is 18.2 Å². The lowest BCUT2D eigenvalue weighted by atomic mass is 9.88. The molecule has 0 unspecified atom stereocenters. The number of piperidine rings is 1. The second-order valence-corrected chi connectivity index (χ2v) is 7.59. The average molecular weight is 393 g/mol. The van der Waals surface area contributed by atoms with Gasteiger partial charge in [0.1, 0.15) is 0 Å². The SMILES string of the molecule is Cc1cc(C)n2nc(C(=O)N3CCC(Cc4ccccc4C(=O)O)CC3)nc2n1. The molecule has 4 rings (SSSR count). The lowest BCUT2D eigenvalue weighted by Crippen LogP contribution is -2.39. The Bertz CT molecular complexity index is 1080. The van der Waals surface area contributed by atoms with Crippen molar-refractivity contribution in [1.82, 2.24) is 24.5 Å². The molecule has 0 aliphatic carbocycles. The van der Waals surface area contributed by atoms with Gasteiger partial charge in [0.25, 0.3) is 11.7 Å². The summed E-state index contributed by atoms with van der Waals surface area (Å²) < 4.78 is 1.59. The van der Waals surface area contributed by atoms with E-state index in [0.717, 1.165) is 29.8 Å². The van der Waals surface area contributed by atoms with E-state index >= 15 is 0 Å². The van der Waals surface area contributed by atoms with Crippen LogP contribution in [0.2, 0.25) is 0 Å². The third-order valence-electron chi connectivity index (χ3n) is 5.47. The molecular formula is C21H23N5O3. The Morgan fingerprint density at radius 3 is 2.59 bits per heavy atom. The predicted molar refractivity (Wildman–Crippen MR) is 106 cm³/mol. The number of aromatic nitrogens is 4. The van der Waals surface area contributed by atoms with Gasteiger partial charge in [-0.05, 0) is 56.7 Å². The number of carbonyl (C=O) groups is 2. The lowest BCUT2D eigenvalue weighted by molar-refractivity contribution is 0.0678. The van der Waals surface area contributed by atoms with Crippen molar-refractivity contribution in [1.29, 1.82) is 0 Å². The normalized spacial score (nSPS) is 15.0. The predicted octanol–water partition coefficient (Wildman–Crippen LogP) is 2.53. The van der Waals surface area contributed by atoms with Gasteiger partial charge in [-0.2, -0.15) is 4.98 Å². The van der Waals surface area contributed by atoms with Crippen LogP contribution in [0, 0.1) is 19.8 Å². The number of carbonyl (C=O) groups excluding carboxylic acids is 1. The Hall–Kier alpha value is -3.29. The molecule has 1 N–H and O–H groups in total. The minimum absolute atomic E-state index is 0.167. The molecule has 2 aromatic heterocycles. The number of rotatable bonds is 4. The summed E-state index contributed by atoms with van der Waals surface area (Å²) in [5, 5.41) is 13.7. The van der Waals surface area contributed by atoms with E-state index in [1.165, 1.54) is 0 Å². The number of aryl methyl sites for hydroxylation is 2. The van der Waals surface area contributed by atoms with Crippen LogP contribution in [0.25, 0.3) is 5.78 Å². The number of nitrogens with zero attached hydrogens (tertiary/aromatic N) is 5. The summed E-state index contributed by atoms with van der Waals surface area (Å²) in [6.45, 7) is 5.01. The molecule has 1 amide bonds. The van der Waals surface area contributed by atoms with E-state index < -0.39 is 5.97 Å². The summed E-state index contributed by atoms with van der Waals surface area (Å²) in [6, 6.07) is 9.03. The van der Waals surface area contributed by atoms with E-state index in [9.17, 15) is 14.7 Å². The molecule has 8 heteroatoms. The summed E-state index contributed by atoms with van der Waals surface area (Å²) in [5.74, 6) is -0.130. The van der Waals surface area contributed by atoms with E-state index in [-0.39, 0.29) is 11.7 Å². The van der Waals surface area contributed by atoms with Crippen molar-refractivity contribution in [3.63, 3.8) is 0 Å². The van der Waals surface area contributed by atoms with Gasteiger partial charge in [-0.25, -0.2) is 14.3 Å². The molecular weight excluding hydrogens is 370 g/mol. The number of benzene rings is 1. The zero-order valence-corrected chi connectivity index (χ0v) is 16.5.